The van der Waals surface area contributed by atoms with Crippen molar-refractivity contribution in [3.05, 3.63) is 29.8 Å². The van der Waals surface area contributed by atoms with E-state index < -0.39 is 10.0 Å². The summed E-state index contributed by atoms with van der Waals surface area (Å²) in [6, 6.07) is 8.09. The Hall–Kier alpha value is -1.60. The van der Waals surface area contributed by atoms with E-state index in [0.29, 0.717) is 13.1 Å². The van der Waals surface area contributed by atoms with Crippen molar-refractivity contribution in [2.24, 2.45) is 0 Å². The number of sulfonamides is 1. The SMILES string of the molecule is Cc1cccc(N2CCN(C(=O)CN(C(C)C)S(C)(=O)=O)CC2)c1. The topological polar surface area (TPSA) is 60.9 Å². The van der Waals surface area contributed by atoms with E-state index in [1.54, 1.807) is 18.7 Å². The van der Waals surface area contributed by atoms with Gasteiger partial charge in [0.2, 0.25) is 15.9 Å². The fourth-order valence-corrected chi connectivity index (χ4v) is 4.07. The van der Waals surface area contributed by atoms with Gasteiger partial charge in [-0.1, -0.05) is 12.1 Å². The number of hydrogen-bond acceptors (Lipinski definition) is 4. The Kier molecular flexibility index (Phi) is 5.87. The maximum absolute atomic E-state index is 12.5. The van der Waals surface area contributed by atoms with E-state index in [-0.39, 0.29) is 18.5 Å². The van der Waals surface area contributed by atoms with E-state index in [1.165, 1.54) is 15.6 Å². The monoisotopic (exact) mass is 353 g/mol. The molecule has 0 aliphatic carbocycles. The van der Waals surface area contributed by atoms with Gasteiger partial charge < -0.3 is 9.80 Å². The van der Waals surface area contributed by atoms with Crippen molar-refractivity contribution in [2.75, 3.05) is 43.9 Å². The van der Waals surface area contributed by atoms with Gasteiger partial charge in [-0.15, -0.1) is 0 Å². The lowest BCUT2D eigenvalue weighted by Crippen LogP contribution is -2.52. The zero-order valence-electron chi connectivity index (χ0n) is 14.9. The van der Waals surface area contributed by atoms with Crippen LogP contribution < -0.4 is 4.90 Å². The lowest BCUT2D eigenvalue weighted by atomic mass is 10.2. The maximum Gasteiger partial charge on any atom is 0.238 e. The third kappa shape index (κ3) is 4.70. The van der Waals surface area contributed by atoms with E-state index in [1.807, 2.05) is 6.07 Å². The van der Waals surface area contributed by atoms with E-state index in [2.05, 4.69) is 30.0 Å². The van der Waals surface area contributed by atoms with Gasteiger partial charge >= 0.3 is 0 Å². The van der Waals surface area contributed by atoms with Crippen LogP contribution in [0.15, 0.2) is 24.3 Å². The van der Waals surface area contributed by atoms with Gasteiger partial charge in [-0.05, 0) is 38.5 Å². The fraction of sp³-hybridized carbons (Fsp3) is 0.588. The second-order valence-corrected chi connectivity index (χ2v) is 8.54. The number of anilines is 1. The molecule has 1 aromatic carbocycles. The summed E-state index contributed by atoms with van der Waals surface area (Å²) in [7, 11) is -3.38. The van der Waals surface area contributed by atoms with Crippen molar-refractivity contribution >= 4 is 21.6 Å². The van der Waals surface area contributed by atoms with Crippen LogP contribution in [-0.2, 0) is 14.8 Å². The molecule has 0 atom stereocenters. The second-order valence-electron chi connectivity index (χ2n) is 6.61. The number of hydrogen-bond donors (Lipinski definition) is 0. The summed E-state index contributed by atoms with van der Waals surface area (Å²) in [6.45, 7) is 8.29. The van der Waals surface area contributed by atoms with Gasteiger partial charge in [0, 0.05) is 37.9 Å². The van der Waals surface area contributed by atoms with Gasteiger partial charge in [0.25, 0.3) is 0 Å². The third-order valence-corrected chi connectivity index (χ3v) is 5.69. The second kappa shape index (κ2) is 7.53. The summed E-state index contributed by atoms with van der Waals surface area (Å²) in [6.07, 6.45) is 1.15. The van der Waals surface area contributed by atoms with E-state index in [0.717, 1.165) is 19.3 Å². The molecule has 0 saturated carbocycles. The Labute approximate surface area is 145 Å². The van der Waals surface area contributed by atoms with Gasteiger partial charge in [-0.2, -0.15) is 4.31 Å². The van der Waals surface area contributed by atoms with Crippen molar-refractivity contribution in [2.45, 2.75) is 26.8 Å². The van der Waals surface area contributed by atoms with Crippen LogP contribution in [0.5, 0.6) is 0 Å². The molecule has 1 aliphatic heterocycles. The van der Waals surface area contributed by atoms with Crippen LogP contribution in [0, 0.1) is 6.92 Å². The van der Waals surface area contributed by atoms with Gasteiger partial charge in [-0.3, -0.25) is 4.79 Å². The number of nitrogens with zero attached hydrogens (tertiary/aromatic N) is 3. The van der Waals surface area contributed by atoms with Gasteiger partial charge in [-0.25, -0.2) is 8.42 Å². The van der Waals surface area contributed by atoms with Crippen LogP contribution in [-0.4, -0.2) is 68.6 Å². The van der Waals surface area contributed by atoms with Gasteiger partial charge in [0.05, 0.1) is 12.8 Å². The van der Waals surface area contributed by atoms with Crippen molar-refractivity contribution in [3.8, 4) is 0 Å². The van der Waals surface area contributed by atoms with Crippen LogP contribution in [0.1, 0.15) is 19.4 Å². The molecular weight excluding hydrogens is 326 g/mol. The minimum absolute atomic E-state index is 0.0824. The van der Waals surface area contributed by atoms with Crippen LogP contribution >= 0.6 is 0 Å². The quantitative estimate of drug-likeness (QED) is 0.801. The summed E-state index contributed by atoms with van der Waals surface area (Å²) in [5.41, 5.74) is 2.38. The molecule has 0 bridgehead atoms. The highest BCUT2D eigenvalue weighted by Gasteiger charge is 2.27. The Morgan fingerprint density at radius 2 is 1.83 bits per heavy atom. The minimum Gasteiger partial charge on any atom is -0.368 e. The molecule has 7 heteroatoms. The predicted molar refractivity (Wildman–Crippen MR) is 96.7 cm³/mol. The van der Waals surface area contributed by atoms with Crippen molar-refractivity contribution in [3.63, 3.8) is 0 Å². The molecule has 0 unspecified atom stereocenters. The molecule has 134 valence electrons. The molecule has 1 amide bonds. The number of carbonyl (C=O) groups excluding carboxylic acids is 1. The van der Waals surface area contributed by atoms with Gasteiger partial charge in [0.1, 0.15) is 0 Å². The largest absolute Gasteiger partial charge is 0.368 e. The normalized spacial score (nSPS) is 16.1. The highest BCUT2D eigenvalue weighted by molar-refractivity contribution is 7.88. The summed E-state index contributed by atoms with van der Waals surface area (Å²) < 4.78 is 24.9. The first-order valence-corrected chi connectivity index (χ1v) is 10.1. The molecular formula is C17H27N3O3S. The van der Waals surface area contributed by atoms with Crippen molar-refractivity contribution in [1.82, 2.24) is 9.21 Å². The molecule has 1 heterocycles. The molecule has 0 aromatic heterocycles. The van der Waals surface area contributed by atoms with Crippen molar-refractivity contribution in [1.29, 1.82) is 0 Å². The summed E-state index contributed by atoms with van der Waals surface area (Å²) in [5.74, 6) is -0.127. The number of carbonyl (C=O) groups is 1. The van der Waals surface area contributed by atoms with E-state index >= 15 is 0 Å². The first-order valence-electron chi connectivity index (χ1n) is 8.24. The standard InChI is InChI=1S/C17H27N3O3S/c1-14(2)20(24(4,22)23)13-17(21)19-10-8-18(9-11-19)16-7-5-6-15(3)12-16/h5-7,12,14H,8-11,13H2,1-4H3. The van der Waals surface area contributed by atoms with Crippen LogP contribution in [0.2, 0.25) is 0 Å². The number of aryl methyl sites for hydroxylation is 1. The molecule has 1 aromatic rings. The molecule has 0 radical (unpaired) electrons. The average Bonchev–Trinajstić information content (AvgIpc) is 2.51. The van der Waals surface area contributed by atoms with Gasteiger partial charge in [0.15, 0.2) is 0 Å². The average molecular weight is 353 g/mol. The molecule has 1 aliphatic rings. The molecule has 1 saturated heterocycles. The molecule has 0 spiro atoms. The maximum atomic E-state index is 12.5. The molecule has 1 fully saturated rings. The van der Waals surface area contributed by atoms with Crippen LogP contribution in [0.4, 0.5) is 5.69 Å². The lowest BCUT2D eigenvalue weighted by molar-refractivity contribution is -0.131. The van der Waals surface area contributed by atoms with Crippen LogP contribution in [0.3, 0.4) is 0 Å². The number of amides is 1. The number of benzene rings is 1. The molecule has 2 rings (SSSR count). The molecule has 6 nitrogen and oxygen atoms in total. The first-order chi connectivity index (χ1) is 11.2. The van der Waals surface area contributed by atoms with E-state index in [9.17, 15) is 13.2 Å². The molecule has 24 heavy (non-hydrogen) atoms. The highest BCUT2D eigenvalue weighted by Crippen LogP contribution is 2.18. The Bertz CT molecular complexity index is 680. The zero-order chi connectivity index (χ0) is 17.9. The Morgan fingerprint density at radius 1 is 1.21 bits per heavy atom. The predicted octanol–water partition coefficient (Wildman–Crippen LogP) is 1.31. The van der Waals surface area contributed by atoms with Crippen molar-refractivity contribution < 1.29 is 13.2 Å². The minimum atomic E-state index is -3.38. The molecule has 0 N–H and O–H groups in total. The fourth-order valence-electron chi connectivity index (χ4n) is 2.95. The zero-order valence-corrected chi connectivity index (χ0v) is 15.7. The van der Waals surface area contributed by atoms with Crippen LogP contribution in [0.25, 0.3) is 0 Å². The number of piperazine rings is 1. The Balaban J connectivity index is 1.95. The summed E-state index contributed by atoms with van der Waals surface area (Å²) in [4.78, 5) is 16.5. The summed E-state index contributed by atoms with van der Waals surface area (Å²) >= 11 is 0. The third-order valence-electron chi connectivity index (χ3n) is 4.29. The first kappa shape index (κ1) is 18.7. The smallest absolute Gasteiger partial charge is 0.238 e. The lowest BCUT2D eigenvalue weighted by Gasteiger charge is -2.37. The van der Waals surface area contributed by atoms with E-state index in [4.69, 9.17) is 0 Å². The number of rotatable bonds is 5. The highest BCUT2D eigenvalue weighted by atomic mass is 32.2. The Morgan fingerprint density at radius 3 is 2.33 bits per heavy atom. The summed E-state index contributed by atoms with van der Waals surface area (Å²) in [5, 5.41) is 0.